The van der Waals surface area contributed by atoms with Crippen molar-refractivity contribution in [1.29, 1.82) is 0 Å². The van der Waals surface area contributed by atoms with E-state index in [9.17, 15) is 9.59 Å². The standard InChI is InChI=1S/C9H12N2O3/c10-7(2-4-9(13)14)6-1-3-8(12)11-5-6/h1,3,5,7H,2,4,10H2,(H,11,12)(H,13,14). The van der Waals surface area contributed by atoms with Gasteiger partial charge in [0.15, 0.2) is 0 Å². The third kappa shape index (κ3) is 3.02. The number of aliphatic carboxylic acids is 1. The van der Waals surface area contributed by atoms with Crippen LogP contribution in [0.1, 0.15) is 24.4 Å². The molecule has 1 rings (SSSR count). The Hall–Kier alpha value is -1.62. The molecular formula is C9H12N2O3. The van der Waals surface area contributed by atoms with E-state index in [1.165, 1.54) is 12.3 Å². The Labute approximate surface area is 80.6 Å². The molecule has 4 N–H and O–H groups in total. The molecule has 1 aromatic rings. The van der Waals surface area contributed by atoms with Crippen molar-refractivity contribution < 1.29 is 9.90 Å². The van der Waals surface area contributed by atoms with Gasteiger partial charge >= 0.3 is 5.97 Å². The van der Waals surface area contributed by atoms with E-state index >= 15 is 0 Å². The summed E-state index contributed by atoms with van der Waals surface area (Å²) in [6.45, 7) is 0. The molecule has 1 unspecified atom stereocenters. The molecule has 0 bridgehead atoms. The van der Waals surface area contributed by atoms with E-state index in [1.807, 2.05) is 0 Å². The largest absolute Gasteiger partial charge is 0.481 e. The molecule has 1 aromatic heterocycles. The van der Waals surface area contributed by atoms with Gasteiger partial charge in [0.25, 0.3) is 0 Å². The van der Waals surface area contributed by atoms with Crippen molar-refractivity contribution >= 4 is 5.97 Å². The van der Waals surface area contributed by atoms with Gasteiger partial charge in [-0.25, -0.2) is 0 Å². The summed E-state index contributed by atoms with van der Waals surface area (Å²) in [7, 11) is 0. The smallest absolute Gasteiger partial charge is 0.303 e. The highest BCUT2D eigenvalue weighted by atomic mass is 16.4. The third-order valence-corrected chi connectivity index (χ3v) is 1.91. The third-order valence-electron chi connectivity index (χ3n) is 1.91. The van der Waals surface area contributed by atoms with Crippen molar-refractivity contribution in [3.05, 3.63) is 34.2 Å². The molecule has 5 nitrogen and oxygen atoms in total. The van der Waals surface area contributed by atoms with E-state index in [1.54, 1.807) is 6.07 Å². The maximum atomic E-state index is 10.7. The molecule has 0 spiro atoms. The predicted octanol–water partition coefficient (Wildman–Crippen LogP) is 0.239. The number of carboxylic acids is 1. The fraction of sp³-hybridized carbons (Fsp3) is 0.333. The molecule has 0 radical (unpaired) electrons. The normalized spacial score (nSPS) is 12.4. The zero-order valence-electron chi connectivity index (χ0n) is 7.56. The van der Waals surface area contributed by atoms with Gasteiger partial charge in [0.05, 0.1) is 0 Å². The van der Waals surface area contributed by atoms with Gasteiger partial charge in [-0.1, -0.05) is 6.07 Å². The van der Waals surface area contributed by atoms with Crippen molar-refractivity contribution in [2.24, 2.45) is 5.73 Å². The summed E-state index contributed by atoms with van der Waals surface area (Å²) < 4.78 is 0. The lowest BCUT2D eigenvalue weighted by molar-refractivity contribution is -0.137. The van der Waals surface area contributed by atoms with Crippen molar-refractivity contribution in [2.75, 3.05) is 0 Å². The summed E-state index contributed by atoms with van der Waals surface area (Å²) in [5, 5.41) is 8.44. The van der Waals surface area contributed by atoms with Gasteiger partial charge < -0.3 is 15.8 Å². The van der Waals surface area contributed by atoms with Gasteiger partial charge in [0, 0.05) is 24.7 Å². The second kappa shape index (κ2) is 4.57. The molecule has 0 amide bonds. The molecule has 0 aliphatic carbocycles. The van der Waals surface area contributed by atoms with Crippen LogP contribution in [0.3, 0.4) is 0 Å². The maximum Gasteiger partial charge on any atom is 0.303 e. The van der Waals surface area contributed by atoms with Crippen LogP contribution in [0.4, 0.5) is 0 Å². The Morgan fingerprint density at radius 3 is 2.79 bits per heavy atom. The van der Waals surface area contributed by atoms with Crippen LogP contribution >= 0.6 is 0 Å². The van der Waals surface area contributed by atoms with Crippen LogP contribution in [0.5, 0.6) is 0 Å². The number of H-pyrrole nitrogens is 1. The quantitative estimate of drug-likeness (QED) is 0.642. The van der Waals surface area contributed by atoms with Crippen LogP contribution in [0.2, 0.25) is 0 Å². The molecule has 0 saturated carbocycles. The lowest BCUT2D eigenvalue weighted by atomic mass is 10.1. The summed E-state index contributed by atoms with van der Waals surface area (Å²) in [6, 6.07) is 2.63. The van der Waals surface area contributed by atoms with E-state index in [0.29, 0.717) is 6.42 Å². The molecule has 0 saturated heterocycles. The van der Waals surface area contributed by atoms with E-state index < -0.39 is 5.97 Å². The van der Waals surface area contributed by atoms with Gasteiger partial charge in [0.1, 0.15) is 0 Å². The fourth-order valence-electron chi connectivity index (χ4n) is 1.10. The van der Waals surface area contributed by atoms with Gasteiger partial charge in [-0.05, 0) is 12.0 Å². The first-order chi connectivity index (χ1) is 6.59. The van der Waals surface area contributed by atoms with Crippen molar-refractivity contribution in [3.8, 4) is 0 Å². The Balaban J connectivity index is 2.60. The molecule has 14 heavy (non-hydrogen) atoms. The van der Waals surface area contributed by atoms with E-state index in [0.717, 1.165) is 5.56 Å². The number of nitrogens with one attached hydrogen (secondary N) is 1. The number of aromatic amines is 1. The molecule has 0 aromatic carbocycles. The van der Waals surface area contributed by atoms with Crippen LogP contribution < -0.4 is 11.3 Å². The van der Waals surface area contributed by atoms with Crippen LogP contribution in [0, 0.1) is 0 Å². The minimum atomic E-state index is -0.870. The number of rotatable bonds is 4. The summed E-state index contributed by atoms with van der Waals surface area (Å²) >= 11 is 0. The molecule has 1 heterocycles. The number of hydrogen-bond donors (Lipinski definition) is 3. The van der Waals surface area contributed by atoms with Gasteiger partial charge in [-0.2, -0.15) is 0 Å². The lowest BCUT2D eigenvalue weighted by Crippen LogP contribution is -2.14. The number of hydrogen-bond acceptors (Lipinski definition) is 3. The Morgan fingerprint density at radius 1 is 1.57 bits per heavy atom. The monoisotopic (exact) mass is 196 g/mol. The van der Waals surface area contributed by atoms with Gasteiger partial charge in [-0.3, -0.25) is 9.59 Å². The first-order valence-electron chi connectivity index (χ1n) is 4.25. The molecule has 0 fully saturated rings. The highest BCUT2D eigenvalue weighted by molar-refractivity contribution is 5.66. The van der Waals surface area contributed by atoms with Crippen LogP contribution in [0.15, 0.2) is 23.1 Å². The van der Waals surface area contributed by atoms with Gasteiger partial charge in [-0.15, -0.1) is 0 Å². The zero-order chi connectivity index (χ0) is 10.6. The molecule has 0 aliphatic heterocycles. The first kappa shape index (κ1) is 10.5. The van der Waals surface area contributed by atoms with Crippen LogP contribution in [-0.4, -0.2) is 16.1 Å². The minimum absolute atomic E-state index is 0.0281. The Bertz CT molecular complexity index is 352. The summed E-state index contributed by atoms with van der Waals surface area (Å²) in [5.41, 5.74) is 6.25. The number of aromatic nitrogens is 1. The summed E-state index contributed by atoms with van der Waals surface area (Å²) in [6.07, 6.45) is 1.90. The average Bonchev–Trinajstić information content (AvgIpc) is 2.15. The molecule has 0 aliphatic rings. The lowest BCUT2D eigenvalue weighted by Gasteiger charge is -2.09. The topological polar surface area (TPSA) is 96.2 Å². The summed E-state index contributed by atoms with van der Waals surface area (Å²) in [5.74, 6) is -0.870. The highest BCUT2D eigenvalue weighted by Gasteiger charge is 2.07. The minimum Gasteiger partial charge on any atom is -0.481 e. The SMILES string of the molecule is NC(CCC(=O)O)c1ccc(=O)[nH]c1. The van der Waals surface area contributed by atoms with Crippen molar-refractivity contribution in [2.45, 2.75) is 18.9 Å². The fourth-order valence-corrected chi connectivity index (χ4v) is 1.10. The second-order valence-electron chi connectivity index (χ2n) is 3.03. The zero-order valence-corrected chi connectivity index (χ0v) is 7.56. The Kier molecular flexibility index (Phi) is 3.41. The van der Waals surface area contributed by atoms with Crippen molar-refractivity contribution in [3.63, 3.8) is 0 Å². The molecule has 1 atom stereocenters. The van der Waals surface area contributed by atoms with E-state index in [4.69, 9.17) is 10.8 Å². The van der Waals surface area contributed by atoms with Crippen molar-refractivity contribution in [1.82, 2.24) is 4.98 Å². The van der Waals surface area contributed by atoms with Gasteiger partial charge in [0.2, 0.25) is 5.56 Å². The molecule has 76 valence electrons. The number of nitrogens with two attached hydrogens (primary N) is 1. The molecular weight excluding hydrogens is 184 g/mol. The molecule has 5 heteroatoms. The van der Waals surface area contributed by atoms with Crippen LogP contribution in [0.25, 0.3) is 0 Å². The van der Waals surface area contributed by atoms with E-state index in [2.05, 4.69) is 4.98 Å². The second-order valence-corrected chi connectivity index (χ2v) is 3.03. The van der Waals surface area contributed by atoms with Crippen LogP contribution in [-0.2, 0) is 4.79 Å². The highest BCUT2D eigenvalue weighted by Crippen LogP contribution is 2.12. The summed E-state index contributed by atoms with van der Waals surface area (Å²) in [4.78, 5) is 23.5. The van der Waals surface area contributed by atoms with E-state index in [-0.39, 0.29) is 18.0 Å². The Morgan fingerprint density at radius 2 is 2.29 bits per heavy atom. The predicted molar refractivity (Wildman–Crippen MR) is 50.9 cm³/mol. The first-order valence-corrected chi connectivity index (χ1v) is 4.25. The average molecular weight is 196 g/mol. The maximum absolute atomic E-state index is 10.7. The number of carboxylic acid groups (broad SMARTS) is 1. The number of pyridine rings is 1. The number of carbonyl (C=O) groups is 1.